The molecule has 1 aliphatic rings. The van der Waals surface area contributed by atoms with Gasteiger partial charge in [-0.3, -0.25) is 0 Å². The lowest BCUT2D eigenvalue weighted by atomic mass is 10.0. The van der Waals surface area contributed by atoms with Crippen LogP contribution in [-0.4, -0.2) is 13.6 Å². The molecule has 0 spiro atoms. The minimum Gasteiger partial charge on any atom is -0.374 e. The second-order valence-electron chi connectivity index (χ2n) is 5.00. The molecule has 3 rings (SSSR count). The van der Waals surface area contributed by atoms with E-state index in [1.54, 1.807) is 6.07 Å². The van der Waals surface area contributed by atoms with Gasteiger partial charge in [0.1, 0.15) is 5.82 Å². The molecular formula is C16H17FN2. The van der Waals surface area contributed by atoms with E-state index in [2.05, 4.69) is 29.4 Å². The molecule has 0 saturated heterocycles. The Morgan fingerprint density at radius 2 is 1.95 bits per heavy atom. The molecule has 0 saturated carbocycles. The van der Waals surface area contributed by atoms with Crippen molar-refractivity contribution >= 4 is 17.1 Å². The van der Waals surface area contributed by atoms with E-state index in [0.29, 0.717) is 0 Å². The summed E-state index contributed by atoms with van der Waals surface area (Å²) < 4.78 is 13.1. The van der Waals surface area contributed by atoms with Gasteiger partial charge in [0.25, 0.3) is 0 Å². The fourth-order valence-electron chi connectivity index (χ4n) is 2.60. The van der Waals surface area contributed by atoms with E-state index in [-0.39, 0.29) is 5.82 Å². The molecular weight excluding hydrogens is 239 g/mol. The Kier molecular flexibility index (Phi) is 3.11. The molecule has 0 unspecified atom stereocenters. The molecule has 0 aromatic heterocycles. The third kappa shape index (κ3) is 2.55. The molecule has 0 atom stereocenters. The minimum atomic E-state index is -0.220. The number of benzene rings is 2. The lowest BCUT2D eigenvalue weighted by Crippen LogP contribution is -2.24. The van der Waals surface area contributed by atoms with E-state index < -0.39 is 0 Å². The van der Waals surface area contributed by atoms with Crippen LogP contribution in [0.15, 0.2) is 42.5 Å². The summed E-state index contributed by atoms with van der Waals surface area (Å²) in [6, 6.07) is 12.9. The van der Waals surface area contributed by atoms with Crippen LogP contribution in [0, 0.1) is 5.82 Å². The predicted molar refractivity (Wildman–Crippen MR) is 77.7 cm³/mol. The minimum absolute atomic E-state index is 0.220. The molecule has 2 aromatic rings. The Balaban J connectivity index is 1.86. The van der Waals surface area contributed by atoms with E-state index >= 15 is 0 Å². The average Bonchev–Trinajstić information content (AvgIpc) is 2.39. The molecule has 0 radical (unpaired) electrons. The van der Waals surface area contributed by atoms with Crippen molar-refractivity contribution in [2.45, 2.75) is 12.8 Å². The van der Waals surface area contributed by atoms with Gasteiger partial charge in [-0.25, -0.2) is 4.39 Å². The smallest absolute Gasteiger partial charge is 0.125 e. The van der Waals surface area contributed by atoms with Crippen LogP contribution < -0.4 is 10.2 Å². The molecule has 0 aliphatic carbocycles. The largest absolute Gasteiger partial charge is 0.374 e. The quantitative estimate of drug-likeness (QED) is 0.875. The first-order valence-electron chi connectivity index (χ1n) is 6.59. The molecule has 1 N–H and O–H groups in total. The maximum Gasteiger partial charge on any atom is 0.125 e. The highest BCUT2D eigenvalue weighted by Crippen LogP contribution is 2.29. The summed E-state index contributed by atoms with van der Waals surface area (Å²) in [4.78, 5) is 2.28. The van der Waals surface area contributed by atoms with E-state index in [9.17, 15) is 4.39 Å². The van der Waals surface area contributed by atoms with Crippen molar-refractivity contribution in [1.82, 2.24) is 0 Å². The van der Waals surface area contributed by atoms with Crippen LogP contribution in [-0.2, 0) is 6.42 Å². The fourth-order valence-corrected chi connectivity index (χ4v) is 2.60. The molecule has 0 bridgehead atoms. The van der Waals surface area contributed by atoms with Crippen LogP contribution in [0.2, 0.25) is 0 Å². The third-order valence-corrected chi connectivity index (χ3v) is 3.54. The zero-order chi connectivity index (χ0) is 13.2. The lowest BCUT2D eigenvalue weighted by Gasteiger charge is -2.27. The number of hydrogen-bond acceptors (Lipinski definition) is 2. The fraction of sp³-hybridized carbons (Fsp3) is 0.250. The number of fused-ring (bicyclic) bond motifs is 1. The SMILES string of the molecule is CN1CCCc2cc(Nc3cccc(F)c3)ccc21. The summed E-state index contributed by atoms with van der Waals surface area (Å²) in [7, 11) is 2.12. The summed E-state index contributed by atoms with van der Waals surface area (Å²) in [6.45, 7) is 1.11. The van der Waals surface area contributed by atoms with Crippen molar-refractivity contribution in [3.8, 4) is 0 Å². The van der Waals surface area contributed by atoms with E-state index in [1.807, 2.05) is 12.1 Å². The number of aryl methyl sites for hydroxylation is 1. The Morgan fingerprint density at radius 1 is 1.11 bits per heavy atom. The molecule has 0 amide bonds. The maximum atomic E-state index is 13.1. The van der Waals surface area contributed by atoms with Gasteiger partial charge in [-0.15, -0.1) is 0 Å². The van der Waals surface area contributed by atoms with Gasteiger partial charge in [-0.2, -0.15) is 0 Å². The van der Waals surface area contributed by atoms with Crippen molar-refractivity contribution in [3.63, 3.8) is 0 Å². The number of nitrogens with zero attached hydrogens (tertiary/aromatic N) is 1. The van der Waals surface area contributed by atoms with Gasteiger partial charge in [0.15, 0.2) is 0 Å². The molecule has 3 heteroatoms. The highest BCUT2D eigenvalue weighted by Gasteiger charge is 2.13. The normalized spacial score (nSPS) is 14.1. The average molecular weight is 256 g/mol. The standard InChI is InChI=1S/C16H17FN2/c1-19-9-3-4-12-10-15(7-8-16(12)19)18-14-6-2-5-13(17)11-14/h2,5-8,10-11,18H,3-4,9H2,1H3. The molecule has 2 aromatic carbocycles. The molecule has 1 aliphatic heterocycles. The lowest BCUT2D eigenvalue weighted by molar-refractivity contribution is 0.628. The van der Waals surface area contributed by atoms with E-state index in [0.717, 1.165) is 24.3 Å². The second kappa shape index (κ2) is 4.92. The van der Waals surface area contributed by atoms with E-state index in [1.165, 1.54) is 29.8 Å². The first-order valence-corrected chi connectivity index (χ1v) is 6.59. The Bertz CT molecular complexity index is 595. The summed E-state index contributed by atoms with van der Waals surface area (Å²) >= 11 is 0. The summed E-state index contributed by atoms with van der Waals surface area (Å²) in [5.41, 5.74) is 4.45. The number of hydrogen-bond donors (Lipinski definition) is 1. The topological polar surface area (TPSA) is 15.3 Å². The van der Waals surface area contributed by atoms with Gasteiger partial charge < -0.3 is 10.2 Å². The maximum absolute atomic E-state index is 13.1. The van der Waals surface area contributed by atoms with Gasteiger partial charge in [0, 0.05) is 30.7 Å². The first kappa shape index (κ1) is 12.0. The van der Waals surface area contributed by atoms with Crippen molar-refractivity contribution in [2.24, 2.45) is 0 Å². The van der Waals surface area contributed by atoms with Crippen LogP contribution >= 0.6 is 0 Å². The molecule has 98 valence electrons. The summed E-state index contributed by atoms with van der Waals surface area (Å²) in [6.07, 6.45) is 2.30. The zero-order valence-corrected chi connectivity index (χ0v) is 11.0. The van der Waals surface area contributed by atoms with Crippen molar-refractivity contribution < 1.29 is 4.39 Å². The molecule has 19 heavy (non-hydrogen) atoms. The van der Waals surface area contributed by atoms with E-state index in [4.69, 9.17) is 0 Å². The van der Waals surface area contributed by atoms with Gasteiger partial charge >= 0.3 is 0 Å². The van der Waals surface area contributed by atoms with Crippen molar-refractivity contribution in [2.75, 3.05) is 23.8 Å². The van der Waals surface area contributed by atoms with Crippen LogP contribution in [0.3, 0.4) is 0 Å². The molecule has 1 heterocycles. The van der Waals surface area contributed by atoms with Crippen LogP contribution in [0.1, 0.15) is 12.0 Å². The van der Waals surface area contributed by atoms with Crippen molar-refractivity contribution in [3.05, 3.63) is 53.8 Å². The molecule has 0 fully saturated rings. The highest BCUT2D eigenvalue weighted by molar-refractivity contribution is 5.66. The Labute approximate surface area is 112 Å². The van der Waals surface area contributed by atoms with Gasteiger partial charge in [0.2, 0.25) is 0 Å². The zero-order valence-electron chi connectivity index (χ0n) is 11.0. The number of nitrogens with one attached hydrogen (secondary N) is 1. The summed E-state index contributed by atoms with van der Waals surface area (Å²) in [5.74, 6) is -0.220. The van der Waals surface area contributed by atoms with Gasteiger partial charge in [-0.05, 0) is 54.8 Å². The van der Waals surface area contributed by atoms with Gasteiger partial charge in [-0.1, -0.05) is 6.07 Å². The van der Waals surface area contributed by atoms with Crippen molar-refractivity contribution in [1.29, 1.82) is 0 Å². The molecule has 2 nitrogen and oxygen atoms in total. The van der Waals surface area contributed by atoms with Gasteiger partial charge in [0.05, 0.1) is 0 Å². The number of anilines is 3. The van der Waals surface area contributed by atoms with Crippen LogP contribution in [0.5, 0.6) is 0 Å². The Morgan fingerprint density at radius 3 is 2.79 bits per heavy atom. The first-order chi connectivity index (χ1) is 9.22. The monoisotopic (exact) mass is 256 g/mol. The predicted octanol–water partition coefficient (Wildman–Crippen LogP) is 3.95. The summed E-state index contributed by atoms with van der Waals surface area (Å²) in [5, 5.41) is 3.25. The third-order valence-electron chi connectivity index (χ3n) is 3.54. The van der Waals surface area contributed by atoms with Crippen LogP contribution in [0.4, 0.5) is 21.5 Å². The second-order valence-corrected chi connectivity index (χ2v) is 5.00. The van der Waals surface area contributed by atoms with Crippen LogP contribution in [0.25, 0.3) is 0 Å². The highest BCUT2D eigenvalue weighted by atomic mass is 19.1. The Hall–Kier alpha value is -2.03. The number of rotatable bonds is 2. The number of halogens is 1.